The number of nitrogens with one attached hydrogen (secondary N) is 2. The van der Waals surface area contributed by atoms with Gasteiger partial charge in [0.2, 0.25) is 0 Å². The molecule has 0 aromatic heterocycles. The SMILES string of the molecule is COc1cc([N+](=O)[O-])ccc1NC(=O)NCOc1ccccc1. The van der Waals surface area contributed by atoms with Crippen LogP contribution in [-0.2, 0) is 0 Å². The zero-order valence-corrected chi connectivity index (χ0v) is 12.3. The molecule has 0 unspecified atom stereocenters. The molecule has 0 spiro atoms. The number of non-ortho nitro benzene ring substituents is 1. The number of amides is 2. The third kappa shape index (κ3) is 4.60. The Bertz CT molecular complexity index is 691. The van der Waals surface area contributed by atoms with Crippen LogP contribution in [0, 0.1) is 10.1 Å². The summed E-state index contributed by atoms with van der Waals surface area (Å²) in [5, 5.41) is 15.8. The summed E-state index contributed by atoms with van der Waals surface area (Å²) in [5.41, 5.74) is 0.190. The van der Waals surface area contributed by atoms with E-state index in [1.807, 2.05) is 18.2 Å². The fraction of sp³-hybridized carbons (Fsp3) is 0.133. The van der Waals surface area contributed by atoms with Crippen LogP contribution in [0.1, 0.15) is 0 Å². The first-order chi connectivity index (χ1) is 11.1. The fourth-order valence-electron chi connectivity index (χ4n) is 1.76. The summed E-state index contributed by atoms with van der Waals surface area (Å²) in [6, 6.07) is 12.4. The van der Waals surface area contributed by atoms with E-state index < -0.39 is 11.0 Å². The lowest BCUT2D eigenvalue weighted by Gasteiger charge is -2.11. The van der Waals surface area contributed by atoms with Gasteiger partial charge in [-0.25, -0.2) is 4.79 Å². The van der Waals surface area contributed by atoms with E-state index in [9.17, 15) is 14.9 Å². The molecule has 0 bridgehead atoms. The molecule has 0 aliphatic carbocycles. The number of carbonyl (C=O) groups excluding carboxylic acids is 1. The Balaban J connectivity index is 1.91. The summed E-state index contributed by atoms with van der Waals surface area (Å²) >= 11 is 0. The van der Waals surface area contributed by atoms with Gasteiger partial charge < -0.3 is 20.1 Å². The number of nitro benzene ring substituents is 1. The molecule has 120 valence electrons. The van der Waals surface area contributed by atoms with Crippen molar-refractivity contribution in [2.45, 2.75) is 0 Å². The Morgan fingerprint density at radius 2 is 1.96 bits per heavy atom. The first-order valence-corrected chi connectivity index (χ1v) is 6.65. The zero-order chi connectivity index (χ0) is 16.7. The van der Waals surface area contributed by atoms with Crippen LogP contribution in [0.25, 0.3) is 0 Å². The van der Waals surface area contributed by atoms with Gasteiger partial charge in [0.25, 0.3) is 5.69 Å². The molecule has 23 heavy (non-hydrogen) atoms. The van der Waals surface area contributed by atoms with Crippen molar-refractivity contribution in [3.05, 3.63) is 58.6 Å². The van der Waals surface area contributed by atoms with Crippen LogP contribution in [0.3, 0.4) is 0 Å². The largest absolute Gasteiger partial charge is 0.494 e. The molecule has 0 saturated carbocycles. The lowest BCUT2D eigenvalue weighted by atomic mass is 10.2. The molecular weight excluding hydrogens is 302 g/mol. The summed E-state index contributed by atoms with van der Waals surface area (Å²) < 4.78 is 10.4. The van der Waals surface area contributed by atoms with E-state index in [0.717, 1.165) is 0 Å². The van der Waals surface area contributed by atoms with E-state index in [1.165, 1.54) is 25.3 Å². The van der Waals surface area contributed by atoms with Gasteiger partial charge in [0.05, 0.1) is 23.8 Å². The van der Waals surface area contributed by atoms with E-state index in [4.69, 9.17) is 9.47 Å². The van der Waals surface area contributed by atoms with Crippen LogP contribution in [-0.4, -0.2) is 24.8 Å². The molecule has 8 heteroatoms. The molecule has 2 aromatic rings. The molecule has 8 nitrogen and oxygen atoms in total. The molecule has 0 aliphatic heterocycles. The second-order valence-corrected chi connectivity index (χ2v) is 4.37. The van der Waals surface area contributed by atoms with Crippen LogP contribution in [0.5, 0.6) is 11.5 Å². The summed E-state index contributed by atoms with van der Waals surface area (Å²) in [7, 11) is 1.36. The van der Waals surface area contributed by atoms with Gasteiger partial charge >= 0.3 is 6.03 Å². The third-order valence-electron chi connectivity index (χ3n) is 2.86. The molecule has 2 N–H and O–H groups in total. The Morgan fingerprint density at radius 3 is 2.61 bits per heavy atom. The van der Waals surface area contributed by atoms with E-state index in [-0.39, 0.29) is 18.2 Å². The second-order valence-electron chi connectivity index (χ2n) is 4.37. The first kappa shape index (κ1) is 16.1. The lowest BCUT2D eigenvalue weighted by Crippen LogP contribution is -2.32. The van der Waals surface area contributed by atoms with Crippen molar-refractivity contribution < 1.29 is 19.2 Å². The number of para-hydroxylation sites is 1. The monoisotopic (exact) mass is 317 g/mol. The van der Waals surface area contributed by atoms with Crippen LogP contribution >= 0.6 is 0 Å². The van der Waals surface area contributed by atoms with Crippen LogP contribution in [0.15, 0.2) is 48.5 Å². The first-order valence-electron chi connectivity index (χ1n) is 6.65. The van der Waals surface area contributed by atoms with Crippen molar-refractivity contribution in [3.8, 4) is 11.5 Å². The van der Waals surface area contributed by atoms with E-state index >= 15 is 0 Å². The van der Waals surface area contributed by atoms with E-state index in [1.54, 1.807) is 12.1 Å². The van der Waals surface area contributed by atoms with Gasteiger partial charge in [0.1, 0.15) is 11.5 Å². The number of urea groups is 1. The number of methoxy groups -OCH3 is 1. The molecule has 2 aromatic carbocycles. The fourth-order valence-corrected chi connectivity index (χ4v) is 1.76. The highest BCUT2D eigenvalue weighted by molar-refractivity contribution is 5.91. The molecular formula is C15H15N3O5. The molecule has 2 amide bonds. The Hall–Kier alpha value is -3.29. The maximum absolute atomic E-state index is 11.8. The zero-order valence-electron chi connectivity index (χ0n) is 12.3. The predicted octanol–water partition coefficient (Wildman–Crippen LogP) is 2.76. The van der Waals surface area contributed by atoms with Crippen molar-refractivity contribution in [3.63, 3.8) is 0 Å². The van der Waals surface area contributed by atoms with Crippen molar-refractivity contribution >= 4 is 17.4 Å². The van der Waals surface area contributed by atoms with Crippen molar-refractivity contribution in [1.29, 1.82) is 0 Å². The quantitative estimate of drug-likeness (QED) is 0.484. The normalized spacial score (nSPS) is 9.78. The number of nitro groups is 1. The summed E-state index contributed by atoms with van der Waals surface area (Å²) in [5.74, 6) is 0.819. The van der Waals surface area contributed by atoms with Crippen LogP contribution in [0.4, 0.5) is 16.2 Å². The molecule has 0 radical (unpaired) electrons. The Morgan fingerprint density at radius 1 is 1.22 bits per heavy atom. The molecule has 2 rings (SSSR count). The molecule has 0 atom stereocenters. The minimum absolute atomic E-state index is 0.0227. The standard InChI is InChI=1S/C15H15N3O5/c1-22-14-9-11(18(20)21)7-8-13(14)17-15(19)16-10-23-12-5-3-2-4-6-12/h2-9H,10H2,1H3,(H2,16,17,19). The van der Waals surface area contributed by atoms with Gasteiger partial charge in [0.15, 0.2) is 6.73 Å². The Kier molecular flexibility index (Phi) is 5.35. The Labute approximate surface area is 132 Å². The van der Waals surface area contributed by atoms with Gasteiger partial charge in [-0.2, -0.15) is 0 Å². The highest BCUT2D eigenvalue weighted by atomic mass is 16.6. The molecule has 0 aliphatic rings. The average molecular weight is 317 g/mol. The van der Waals surface area contributed by atoms with Crippen LogP contribution in [0.2, 0.25) is 0 Å². The highest BCUT2D eigenvalue weighted by Gasteiger charge is 2.13. The average Bonchev–Trinajstić information content (AvgIpc) is 2.56. The van der Waals surface area contributed by atoms with Crippen molar-refractivity contribution in [2.24, 2.45) is 0 Å². The number of ether oxygens (including phenoxy) is 2. The summed E-state index contributed by atoms with van der Waals surface area (Å²) in [6.07, 6.45) is 0. The van der Waals surface area contributed by atoms with E-state index in [0.29, 0.717) is 11.4 Å². The lowest BCUT2D eigenvalue weighted by molar-refractivity contribution is -0.384. The smallest absolute Gasteiger partial charge is 0.321 e. The number of anilines is 1. The van der Waals surface area contributed by atoms with Gasteiger partial charge in [-0.05, 0) is 18.2 Å². The molecule has 0 saturated heterocycles. The summed E-state index contributed by atoms with van der Waals surface area (Å²) in [4.78, 5) is 22.0. The van der Waals surface area contributed by atoms with Gasteiger partial charge in [-0.15, -0.1) is 0 Å². The summed E-state index contributed by atoms with van der Waals surface area (Å²) in [6.45, 7) is -0.0227. The predicted molar refractivity (Wildman–Crippen MR) is 83.7 cm³/mol. The number of nitrogens with zero attached hydrogens (tertiary/aromatic N) is 1. The van der Waals surface area contributed by atoms with Gasteiger partial charge in [-0.3, -0.25) is 10.1 Å². The maximum Gasteiger partial charge on any atom is 0.321 e. The van der Waals surface area contributed by atoms with Gasteiger partial charge in [-0.1, -0.05) is 18.2 Å². The minimum atomic E-state index is -0.542. The molecule has 0 fully saturated rings. The number of hydrogen-bond acceptors (Lipinski definition) is 5. The topological polar surface area (TPSA) is 103 Å². The number of carbonyl (C=O) groups is 1. The van der Waals surface area contributed by atoms with Crippen LogP contribution < -0.4 is 20.1 Å². The van der Waals surface area contributed by atoms with E-state index in [2.05, 4.69) is 10.6 Å². The highest BCUT2D eigenvalue weighted by Crippen LogP contribution is 2.28. The number of rotatable bonds is 6. The molecule has 0 heterocycles. The second kappa shape index (κ2) is 7.64. The van der Waals surface area contributed by atoms with Gasteiger partial charge in [0, 0.05) is 6.07 Å². The van der Waals surface area contributed by atoms with Crippen molar-refractivity contribution in [2.75, 3.05) is 19.2 Å². The third-order valence-corrected chi connectivity index (χ3v) is 2.86. The maximum atomic E-state index is 11.8. The number of benzene rings is 2. The number of hydrogen-bond donors (Lipinski definition) is 2. The minimum Gasteiger partial charge on any atom is -0.494 e. The van der Waals surface area contributed by atoms with Crippen molar-refractivity contribution in [1.82, 2.24) is 5.32 Å².